The van der Waals surface area contributed by atoms with E-state index in [0.717, 1.165) is 35.5 Å². The predicted octanol–water partition coefficient (Wildman–Crippen LogP) is 8.64. The molecule has 28 heavy (non-hydrogen) atoms. The van der Waals surface area contributed by atoms with Crippen LogP contribution in [0, 0.1) is 46.3 Å². The van der Waals surface area contributed by atoms with Crippen LogP contribution in [-0.2, 0) is 0 Å². The number of allylic oxidation sites excluding steroid dienone is 2. The van der Waals surface area contributed by atoms with Gasteiger partial charge in [-0.2, -0.15) is 0 Å². The Hall–Kier alpha value is 0.0300. The van der Waals surface area contributed by atoms with E-state index in [1.165, 1.54) is 70.6 Å². The minimum atomic E-state index is 0.396. The molecule has 0 amide bonds. The second kappa shape index (κ2) is 7.94. The quantitative estimate of drug-likeness (QED) is 0.317. The summed E-state index contributed by atoms with van der Waals surface area (Å²) in [6, 6.07) is 0. The lowest BCUT2D eigenvalue weighted by Gasteiger charge is -2.58. The zero-order valence-corrected chi connectivity index (χ0v) is 20.0. The first-order valence-electron chi connectivity index (χ1n) is 12.6. The third kappa shape index (κ3) is 3.52. The standard InChI is InChI=1S/C27H45Cl/c1-18(2)7-6-8-19(3)23-11-12-24-22-10-9-20-17-21(28)13-15-26(20,4)25(22)14-16-27(23,24)5/h9,18-19,21-25H,6-8,10-17H2,1-5H3/t19-,21+,22+,23?,24+,25?,26?,27?/m1/s1. The molecule has 0 nitrogen and oxygen atoms in total. The van der Waals surface area contributed by atoms with E-state index in [1.54, 1.807) is 5.57 Å². The SMILES string of the molecule is CC(C)CCC[C@@H](C)C1CC[C@H]2[C@@H]3CC=C4C[C@@H](Cl)CCC4(C)C3CCC12C. The topological polar surface area (TPSA) is 0 Å². The molecule has 8 atom stereocenters. The molecule has 3 fully saturated rings. The van der Waals surface area contributed by atoms with E-state index in [0.29, 0.717) is 16.2 Å². The minimum Gasteiger partial charge on any atom is -0.123 e. The Morgan fingerprint density at radius 1 is 1.00 bits per heavy atom. The van der Waals surface area contributed by atoms with Crippen molar-refractivity contribution in [2.24, 2.45) is 46.3 Å². The molecule has 0 aromatic rings. The van der Waals surface area contributed by atoms with Crippen LogP contribution in [0.4, 0.5) is 0 Å². The Labute approximate surface area is 180 Å². The summed E-state index contributed by atoms with van der Waals surface area (Å²) in [5.41, 5.74) is 2.82. The summed E-state index contributed by atoms with van der Waals surface area (Å²) in [5.74, 6) is 5.62. The van der Waals surface area contributed by atoms with Gasteiger partial charge in [-0.1, -0.05) is 65.5 Å². The predicted molar refractivity (Wildman–Crippen MR) is 123 cm³/mol. The average Bonchev–Trinajstić information content (AvgIpc) is 2.99. The van der Waals surface area contributed by atoms with E-state index in [2.05, 4.69) is 40.7 Å². The lowest BCUT2D eigenvalue weighted by molar-refractivity contribution is -0.0498. The van der Waals surface area contributed by atoms with Gasteiger partial charge in [0, 0.05) is 5.38 Å². The van der Waals surface area contributed by atoms with Crippen LogP contribution in [0.5, 0.6) is 0 Å². The van der Waals surface area contributed by atoms with Crippen molar-refractivity contribution in [3.05, 3.63) is 11.6 Å². The fourth-order valence-electron chi connectivity index (χ4n) is 8.64. The first-order chi connectivity index (χ1) is 13.3. The van der Waals surface area contributed by atoms with E-state index < -0.39 is 0 Å². The lowest BCUT2D eigenvalue weighted by atomic mass is 9.47. The molecule has 0 radical (unpaired) electrons. The Bertz CT molecular complexity index is 591. The molecule has 4 unspecified atom stereocenters. The monoisotopic (exact) mass is 404 g/mol. The second-order valence-corrected chi connectivity index (χ2v) is 12.7. The fraction of sp³-hybridized carbons (Fsp3) is 0.926. The number of fused-ring (bicyclic) bond motifs is 5. The summed E-state index contributed by atoms with van der Waals surface area (Å²) in [6.45, 7) is 12.7. The largest absolute Gasteiger partial charge is 0.123 e. The van der Waals surface area contributed by atoms with E-state index in [-0.39, 0.29) is 0 Å². The van der Waals surface area contributed by atoms with Crippen molar-refractivity contribution in [2.75, 3.05) is 0 Å². The van der Waals surface area contributed by atoms with E-state index >= 15 is 0 Å². The van der Waals surface area contributed by atoms with Gasteiger partial charge in [0.05, 0.1) is 0 Å². The van der Waals surface area contributed by atoms with Gasteiger partial charge in [0.2, 0.25) is 0 Å². The van der Waals surface area contributed by atoms with Crippen LogP contribution in [0.2, 0.25) is 0 Å². The van der Waals surface area contributed by atoms with E-state index in [4.69, 9.17) is 11.6 Å². The Morgan fingerprint density at radius 2 is 1.79 bits per heavy atom. The molecule has 1 heteroatoms. The molecular formula is C27H45Cl. The Morgan fingerprint density at radius 3 is 2.54 bits per heavy atom. The maximum Gasteiger partial charge on any atom is 0.0373 e. The first-order valence-corrected chi connectivity index (χ1v) is 13.0. The van der Waals surface area contributed by atoms with Crippen LogP contribution < -0.4 is 0 Å². The molecule has 160 valence electrons. The summed E-state index contributed by atoms with van der Waals surface area (Å²) in [4.78, 5) is 0. The molecular weight excluding hydrogens is 360 g/mol. The Kier molecular flexibility index (Phi) is 6.03. The lowest BCUT2D eigenvalue weighted by Crippen LogP contribution is -2.50. The molecule has 4 rings (SSSR count). The molecule has 0 aromatic heterocycles. The number of hydrogen-bond acceptors (Lipinski definition) is 0. The molecule has 0 saturated heterocycles. The van der Waals surface area contributed by atoms with Gasteiger partial charge in [-0.3, -0.25) is 0 Å². The molecule has 3 saturated carbocycles. The zero-order chi connectivity index (χ0) is 20.1. The van der Waals surface area contributed by atoms with Gasteiger partial charge >= 0.3 is 0 Å². The van der Waals surface area contributed by atoms with Gasteiger partial charge in [-0.15, -0.1) is 11.6 Å². The van der Waals surface area contributed by atoms with Gasteiger partial charge < -0.3 is 0 Å². The van der Waals surface area contributed by atoms with Crippen molar-refractivity contribution >= 4 is 11.6 Å². The smallest absolute Gasteiger partial charge is 0.0373 e. The molecule has 0 bridgehead atoms. The van der Waals surface area contributed by atoms with Gasteiger partial charge in [0.15, 0.2) is 0 Å². The molecule has 4 aliphatic carbocycles. The van der Waals surface area contributed by atoms with Crippen molar-refractivity contribution in [1.29, 1.82) is 0 Å². The van der Waals surface area contributed by atoms with Crippen LogP contribution in [0.25, 0.3) is 0 Å². The third-order valence-corrected chi connectivity index (χ3v) is 10.6. The van der Waals surface area contributed by atoms with Crippen LogP contribution >= 0.6 is 11.6 Å². The molecule has 4 aliphatic rings. The number of hydrogen-bond donors (Lipinski definition) is 0. The van der Waals surface area contributed by atoms with Crippen molar-refractivity contribution in [2.45, 2.75) is 111 Å². The highest BCUT2D eigenvalue weighted by Crippen LogP contribution is 2.67. The number of alkyl halides is 1. The maximum atomic E-state index is 6.56. The molecule has 0 N–H and O–H groups in total. The summed E-state index contributed by atoms with van der Waals surface area (Å²) in [6.07, 6.45) is 18.0. The van der Waals surface area contributed by atoms with Crippen LogP contribution in [-0.4, -0.2) is 5.38 Å². The minimum absolute atomic E-state index is 0.396. The van der Waals surface area contributed by atoms with Crippen molar-refractivity contribution < 1.29 is 0 Å². The van der Waals surface area contributed by atoms with Crippen molar-refractivity contribution in [3.63, 3.8) is 0 Å². The average molecular weight is 405 g/mol. The van der Waals surface area contributed by atoms with Crippen LogP contribution in [0.3, 0.4) is 0 Å². The number of halogens is 1. The van der Waals surface area contributed by atoms with E-state index in [1.807, 2.05) is 0 Å². The normalized spacial score (nSPS) is 46.5. The molecule has 0 heterocycles. The summed E-state index contributed by atoms with van der Waals surface area (Å²) < 4.78 is 0. The second-order valence-electron chi connectivity index (χ2n) is 12.1. The van der Waals surface area contributed by atoms with E-state index in [9.17, 15) is 0 Å². The van der Waals surface area contributed by atoms with Crippen molar-refractivity contribution in [1.82, 2.24) is 0 Å². The maximum absolute atomic E-state index is 6.56. The Balaban J connectivity index is 1.49. The summed E-state index contributed by atoms with van der Waals surface area (Å²) in [5, 5.41) is 0.396. The zero-order valence-electron chi connectivity index (χ0n) is 19.3. The van der Waals surface area contributed by atoms with Crippen LogP contribution in [0.15, 0.2) is 11.6 Å². The highest BCUT2D eigenvalue weighted by Gasteiger charge is 2.58. The first kappa shape index (κ1) is 21.3. The van der Waals surface area contributed by atoms with Crippen LogP contribution in [0.1, 0.15) is 105 Å². The highest BCUT2D eigenvalue weighted by atomic mass is 35.5. The fourth-order valence-corrected chi connectivity index (χ4v) is 8.92. The molecule has 0 spiro atoms. The van der Waals surface area contributed by atoms with Gasteiger partial charge in [-0.25, -0.2) is 0 Å². The highest BCUT2D eigenvalue weighted by molar-refractivity contribution is 6.20. The summed E-state index contributed by atoms with van der Waals surface area (Å²) in [7, 11) is 0. The van der Waals surface area contributed by atoms with Gasteiger partial charge in [0.1, 0.15) is 0 Å². The van der Waals surface area contributed by atoms with Crippen molar-refractivity contribution in [3.8, 4) is 0 Å². The summed E-state index contributed by atoms with van der Waals surface area (Å²) >= 11 is 6.56. The molecule has 0 aliphatic heterocycles. The number of rotatable bonds is 5. The molecule has 0 aromatic carbocycles. The third-order valence-electron chi connectivity index (χ3n) is 10.2. The van der Waals surface area contributed by atoms with Gasteiger partial charge in [0.25, 0.3) is 0 Å². The van der Waals surface area contributed by atoms with Gasteiger partial charge in [-0.05, 0) is 97.7 Å².